The van der Waals surface area contributed by atoms with E-state index in [0.29, 0.717) is 16.9 Å². The molecule has 2 heterocycles. The van der Waals surface area contributed by atoms with Crippen molar-refractivity contribution in [2.45, 2.75) is 32.3 Å². The van der Waals surface area contributed by atoms with Gasteiger partial charge in [-0.1, -0.05) is 20.8 Å². The quantitative estimate of drug-likeness (QED) is 0.873. The number of aromatic nitrogens is 2. The predicted octanol–water partition coefficient (Wildman–Crippen LogP) is 2.50. The third-order valence-corrected chi connectivity index (χ3v) is 3.91. The molecule has 4 nitrogen and oxygen atoms in total. The molecule has 5 heteroatoms. The Balaban J connectivity index is 2.33. The van der Waals surface area contributed by atoms with Crippen LogP contribution in [0.25, 0.3) is 0 Å². The van der Waals surface area contributed by atoms with Gasteiger partial charge >= 0.3 is 0 Å². The van der Waals surface area contributed by atoms with Gasteiger partial charge in [0.2, 0.25) is 0 Å². The molecule has 2 rings (SSSR count). The molecular weight excluding hydrogens is 246 g/mol. The van der Waals surface area contributed by atoms with Gasteiger partial charge in [-0.15, -0.1) is 11.3 Å². The molecule has 96 valence electrons. The van der Waals surface area contributed by atoms with E-state index in [9.17, 15) is 5.11 Å². The van der Waals surface area contributed by atoms with Crippen LogP contribution in [0.5, 0.6) is 0 Å². The number of thiazole rings is 1. The molecule has 0 aliphatic carbocycles. The van der Waals surface area contributed by atoms with Crippen LogP contribution in [-0.2, 0) is 5.41 Å². The lowest BCUT2D eigenvalue weighted by Crippen LogP contribution is -2.11. The maximum atomic E-state index is 10.3. The number of hydrogen-bond acceptors (Lipinski definition) is 5. The molecule has 0 saturated carbocycles. The Hall–Kier alpha value is -1.46. The van der Waals surface area contributed by atoms with Gasteiger partial charge in [-0.3, -0.25) is 4.98 Å². The minimum absolute atomic E-state index is 0.0108. The third-order valence-electron chi connectivity index (χ3n) is 2.63. The van der Waals surface area contributed by atoms with E-state index < -0.39 is 6.10 Å². The first-order valence-corrected chi connectivity index (χ1v) is 6.61. The Morgan fingerprint density at radius 2 is 2.11 bits per heavy atom. The van der Waals surface area contributed by atoms with Crippen LogP contribution in [0.4, 0.5) is 5.69 Å². The number of nitrogens with two attached hydrogens (primary N) is 1. The summed E-state index contributed by atoms with van der Waals surface area (Å²) in [7, 11) is 0. The van der Waals surface area contributed by atoms with Crippen LogP contribution in [0, 0.1) is 0 Å². The molecule has 3 N–H and O–H groups in total. The summed E-state index contributed by atoms with van der Waals surface area (Å²) in [5, 5.41) is 13.1. The lowest BCUT2D eigenvalue weighted by molar-refractivity contribution is 0.216. The van der Waals surface area contributed by atoms with Crippen LogP contribution in [-0.4, -0.2) is 15.1 Å². The van der Waals surface area contributed by atoms with E-state index >= 15 is 0 Å². The highest BCUT2D eigenvalue weighted by Gasteiger charge is 2.22. The Kier molecular flexibility index (Phi) is 3.36. The standard InChI is InChI=1S/C13H17N3OS/c1-13(2,3)12-16-10(7-18-12)11(17)8-6-15-5-4-9(8)14/h4-7,11,17H,1-3H3,(H2,14,15). The van der Waals surface area contributed by atoms with Crippen LogP contribution in [0.1, 0.15) is 43.1 Å². The van der Waals surface area contributed by atoms with Gasteiger partial charge in [0.15, 0.2) is 0 Å². The van der Waals surface area contributed by atoms with E-state index in [0.717, 1.165) is 5.01 Å². The molecule has 0 bridgehead atoms. The van der Waals surface area contributed by atoms with Crippen molar-refractivity contribution in [3.8, 4) is 0 Å². The lowest BCUT2D eigenvalue weighted by atomic mass is 9.98. The Morgan fingerprint density at radius 1 is 1.39 bits per heavy atom. The highest BCUT2D eigenvalue weighted by molar-refractivity contribution is 7.09. The first-order valence-electron chi connectivity index (χ1n) is 5.73. The summed E-state index contributed by atoms with van der Waals surface area (Å²) in [5.41, 5.74) is 7.58. The monoisotopic (exact) mass is 263 g/mol. The van der Waals surface area contributed by atoms with Crippen molar-refractivity contribution in [3.05, 3.63) is 40.1 Å². The lowest BCUT2D eigenvalue weighted by Gasteiger charge is -2.14. The molecule has 0 aliphatic heterocycles. The zero-order valence-corrected chi connectivity index (χ0v) is 11.5. The summed E-state index contributed by atoms with van der Waals surface area (Å²) in [6.07, 6.45) is 2.37. The third kappa shape index (κ3) is 2.52. The van der Waals surface area contributed by atoms with E-state index in [1.54, 1.807) is 29.8 Å². The van der Waals surface area contributed by atoms with Gasteiger partial charge in [0.1, 0.15) is 6.10 Å². The summed E-state index contributed by atoms with van der Waals surface area (Å²) >= 11 is 1.55. The first-order chi connectivity index (χ1) is 8.39. The van der Waals surface area contributed by atoms with E-state index in [4.69, 9.17) is 5.73 Å². The largest absolute Gasteiger partial charge is 0.398 e. The summed E-state index contributed by atoms with van der Waals surface area (Å²) in [6, 6.07) is 1.68. The van der Waals surface area contributed by atoms with Crippen molar-refractivity contribution in [1.82, 2.24) is 9.97 Å². The number of rotatable bonds is 2. The number of pyridine rings is 1. The molecule has 0 spiro atoms. The molecule has 0 radical (unpaired) electrons. The van der Waals surface area contributed by atoms with Crippen molar-refractivity contribution in [3.63, 3.8) is 0 Å². The van der Waals surface area contributed by atoms with Gasteiger partial charge in [0.05, 0.1) is 10.7 Å². The average molecular weight is 263 g/mol. The predicted molar refractivity (Wildman–Crippen MR) is 73.5 cm³/mol. The number of nitrogen functional groups attached to an aromatic ring is 1. The minimum Gasteiger partial charge on any atom is -0.398 e. The maximum absolute atomic E-state index is 10.3. The Labute approximate surface area is 111 Å². The second-order valence-corrected chi connectivity index (χ2v) is 6.09. The van der Waals surface area contributed by atoms with Gasteiger partial charge in [-0.2, -0.15) is 0 Å². The number of anilines is 1. The molecule has 0 amide bonds. The number of nitrogens with zero attached hydrogens (tertiary/aromatic N) is 2. The SMILES string of the molecule is CC(C)(C)c1nc(C(O)c2cnccc2N)cs1. The average Bonchev–Trinajstić information content (AvgIpc) is 2.77. The number of hydrogen-bond donors (Lipinski definition) is 2. The number of aliphatic hydroxyl groups is 1. The van der Waals surface area contributed by atoms with Crippen LogP contribution >= 0.6 is 11.3 Å². The zero-order valence-electron chi connectivity index (χ0n) is 10.7. The molecular formula is C13H17N3OS. The van der Waals surface area contributed by atoms with Gasteiger partial charge in [0.25, 0.3) is 0 Å². The normalized spacial score (nSPS) is 13.6. The molecule has 2 aromatic rings. The van der Waals surface area contributed by atoms with Gasteiger partial charge in [-0.25, -0.2) is 4.98 Å². The van der Waals surface area contributed by atoms with Crippen LogP contribution < -0.4 is 5.73 Å². The van der Waals surface area contributed by atoms with Crippen molar-refractivity contribution in [2.24, 2.45) is 0 Å². The fourth-order valence-corrected chi connectivity index (χ4v) is 2.49. The van der Waals surface area contributed by atoms with Crippen LogP contribution in [0.3, 0.4) is 0 Å². The fraction of sp³-hybridized carbons (Fsp3) is 0.385. The molecule has 0 saturated heterocycles. The maximum Gasteiger partial charge on any atom is 0.125 e. The highest BCUT2D eigenvalue weighted by Crippen LogP contribution is 2.31. The van der Waals surface area contributed by atoms with Crippen molar-refractivity contribution < 1.29 is 5.11 Å². The molecule has 1 unspecified atom stereocenters. The molecule has 18 heavy (non-hydrogen) atoms. The second-order valence-electron chi connectivity index (χ2n) is 5.23. The van der Waals surface area contributed by atoms with Crippen LogP contribution in [0.2, 0.25) is 0 Å². The summed E-state index contributed by atoms with van der Waals surface area (Å²) < 4.78 is 0. The van der Waals surface area contributed by atoms with Crippen LogP contribution in [0.15, 0.2) is 23.8 Å². The van der Waals surface area contributed by atoms with Crippen molar-refractivity contribution in [1.29, 1.82) is 0 Å². The second kappa shape index (κ2) is 4.66. The van der Waals surface area contributed by atoms with Crippen molar-refractivity contribution >= 4 is 17.0 Å². The smallest absolute Gasteiger partial charge is 0.125 e. The fourth-order valence-electron chi connectivity index (χ4n) is 1.56. The van der Waals surface area contributed by atoms with E-state index in [2.05, 4.69) is 30.7 Å². The van der Waals surface area contributed by atoms with Gasteiger partial charge in [0, 0.05) is 34.4 Å². The minimum atomic E-state index is -0.814. The summed E-state index contributed by atoms with van der Waals surface area (Å²) in [4.78, 5) is 8.47. The molecule has 1 atom stereocenters. The Bertz CT molecular complexity index is 545. The molecule has 2 aromatic heterocycles. The highest BCUT2D eigenvalue weighted by atomic mass is 32.1. The summed E-state index contributed by atoms with van der Waals surface area (Å²) in [6.45, 7) is 6.29. The Morgan fingerprint density at radius 3 is 2.67 bits per heavy atom. The summed E-state index contributed by atoms with van der Waals surface area (Å²) in [5.74, 6) is 0. The van der Waals surface area contributed by atoms with Gasteiger partial charge < -0.3 is 10.8 Å². The van der Waals surface area contributed by atoms with Gasteiger partial charge in [-0.05, 0) is 6.07 Å². The molecule has 0 aliphatic rings. The van der Waals surface area contributed by atoms with E-state index in [-0.39, 0.29) is 5.41 Å². The zero-order chi connectivity index (χ0) is 13.3. The van der Waals surface area contributed by atoms with Crippen molar-refractivity contribution in [2.75, 3.05) is 5.73 Å². The van der Waals surface area contributed by atoms with E-state index in [1.807, 2.05) is 5.38 Å². The molecule has 0 fully saturated rings. The topological polar surface area (TPSA) is 72.0 Å². The molecule has 0 aromatic carbocycles. The first kappa shape index (κ1) is 13.0. The number of aliphatic hydroxyl groups excluding tert-OH is 1. The van der Waals surface area contributed by atoms with E-state index in [1.165, 1.54) is 0 Å².